The molecule has 0 radical (unpaired) electrons. The van der Waals surface area contributed by atoms with Crippen molar-refractivity contribution in [2.75, 3.05) is 12.4 Å². The number of carbonyl (C=O) groups is 2. The molecule has 2 rings (SSSR count). The summed E-state index contributed by atoms with van der Waals surface area (Å²) in [5, 5.41) is 2.68. The van der Waals surface area contributed by atoms with Crippen LogP contribution in [0.3, 0.4) is 0 Å². The molecule has 0 spiro atoms. The maximum atomic E-state index is 12.2. The number of ketones is 1. The van der Waals surface area contributed by atoms with Crippen molar-refractivity contribution in [1.29, 1.82) is 0 Å². The second kappa shape index (κ2) is 5.53. The van der Waals surface area contributed by atoms with Crippen LogP contribution in [0.1, 0.15) is 43.0 Å². The number of rotatable bonds is 5. The van der Waals surface area contributed by atoms with Crippen LogP contribution in [-0.4, -0.2) is 24.4 Å². The molecular formula is C15H19NO3. The largest absolute Gasteiger partial charge is 0.378 e. The van der Waals surface area contributed by atoms with Crippen molar-refractivity contribution < 1.29 is 14.3 Å². The Bertz CT molecular complexity index is 469. The highest BCUT2D eigenvalue weighted by Crippen LogP contribution is 2.38. The average Bonchev–Trinajstić information content (AvgIpc) is 2.34. The predicted molar refractivity (Wildman–Crippen MR) is 73.3 cm³/mol. The number of amides is 1. The average molecular weight is 261 g/mol. The number of anilines is 1. The van der Waals surface area contributed by atoms with Crippen molar-refractivity contribution in [2.45, 2.75) is 38.2 Å². The van der Waals surface area contributed by atoms with Gasteiger partial charge >= 0.3 is 0 Å². The highest BCUT2D eigenvalue weighted by molar-refractivity contribution is 5.97. The lowest BCUT2D eigenvalue weighted by atomic mass is 9.76. The Kier molecular flexibility index (Phi) is 4.00. The van der Waals surface area contributed by atoms with Gasteiger partial charge in [0.15, 0.2) is 5.78 Å². The lowest BCUT2D eigenvalue weighted by Crippen LogP contribution is -2.41. The molecule has 1 aliphatic carbocycles. The Labute approximate surface area is 113 Å². The minimum Gasteiger partial charge on any atom is -0.378 e. The summed E-state index contributed by atoms with van der Waals surface area (Å²) in [4.78, 5) is 23.1. The summed E-state index contributed by atoms with van der Waals surface area (Å²) < 4.78 is 5.46. The topological polar surface area (TPSA) is 55.4 Å². The fourth-order valence-corrected chi connectivity index (χ4v) is 2.36. The van der Waals surface area contributed by atoms with Gasteiger partial charge in [0.1, 0.15) is 0 Å². The van der Waals surface area contributed by atoms with E-state index in [2.05, 4.69) is 5.32 Å². The second-order valence-electron chi connectivity index (χ2n) is 5.10. The van der Waals surface area contributed by atoms with E-state index in [0.29, 0.717) is 17.7 Å². The van der Waals surface area contributed by atoms with E-state index in [1.54, 1.807) is 31.4 Å². The quantitative estimate of drug-likeness (QED) is 0.829. The van der Waals surface area contributed by atoms with Crippen molar-refractivity contribution in [3.8, 4) is 0 Å². The van der Waals surface area contributed by atoms with E-state index >= 15 is 0 Å². The normalized spacial score (nSPS) is 16.5. The van der Waals surface area contributed by atoms with Crippen molar-refractivity contribution in [1.82, 2.24) is 0 Å². The number of nitrogens with one attached hydrogen (secondary N) is 1. The molecule has 0 saturated heterocycles. The highest BCUT2D eigenvalue weighted by atomic mass is 16.5. The van der Waals surface area contributed by atoms with E-state index in [9.17, 15) is 9.59 Å². The SMILES string of the molecule is COC1(CC(=O)c2ccc(NC(C)=O)cc2)CCC1. The molecule has 1 aliphatic rings. The third-order valence-electron chi connectivity index (χ3n) is 3.71. The second-order valence-corrected chi connectivity index (χ2v) is 5.10. The molecule has 0 bridgehead atoms. The Morgan fingerprint density at radius 3 is 2.32 bits per heavy atom. The van der Waals surface area contributed by atoms with Crippen molar-refractivity contribution in [3.63, 3.8) is 0 Å². The van der Waals surface area contributed by atoms with E-state index < -0.39 is 0 Å². The van der Waals surface area contributed by atoms with Gasteiger partial charge in [-0.15, -0.1) is 0 Å². The van der Waals surface area contributed by atoms with Gasteiger partial charge in [0.25, 0.3) is 0 Å². The maximum Gasteiger partial charge on any atom is 0.221 e. The lowest BCUT2D eigenvalue weighted by molar-refractivity contribution is -0.114. The van der Waals surface area contributed by atoms with Crippen LogP contribution in [0.4, 0.5) is 5.69 Å². The van der Waals surface area contributed by atoms with Gasteiger partial charge in [-0.2, -0.15) is 0 Å². The number of carbonyl (C=O) groups excluding carboxylic acids is 2. The first-order valence-electron chi connectivity index (χ1n) is 6.51. The van der Waals surface area contributed by atoms with Crippen LogP contribution in [-0.2, 0) is 9.53 Å². The molecule has 1 N–H and O–H groups in total. The number of hydrogen-bond donors (Lipinski definition) is 1. The summed E-state index contributed by atoms with van der Waals surface area (Å²) in [5.41, 5.74) is 1.12. The molecule has 0 atom stereocenters. The zero-order valence-corrected chi connectivity index (χ0v) is 11.4. The number of ether oxygens (including phenoxy) is 1. The first kappa shape index (κ1) is 13.7. The van der Waals surface area contributed by atoms with Crippen LogP contribution in [0.2, 0.25) is 0 Å². The molecule has 1 aromatic rings. The number of benzene rings is 1. The van der Waals surface area contributed by atoms with Gasteiger partial charge in [-0.1, -0.05) is 0 Å². The van der Waals surface area contributed by atoms with Gasteiger partial charge in [-0.3, -0.25) is 9.59 Å². The van der Waals surface area contributed by atoms with E-state index in [1.807, 2.05) is 0 Å². The van der Waals surface area contributed by atoms with E-state index in [4.69, 9.17) is 4.74 Å². The van der Waals surface area contributed by atoms with Gasteiger partial charge in [-0.05, 0) is 43.5 Å². The molecule has 1 saturated carbocycles. The van der Waals surface area contributed by atoms with Crippen molar-refractivity contribution >= 4 is 17.4 Å². The zero-order valence-electron chi connectivity index (χ0n) is 11.4. The fraction of sp³-hybridized carbons (Fsp3) is 0.467. The molecule has 0 aromatic heterocycles. The monoisotopic (exact) mass is 261 g/mol. The van der Waals surface area contributed by atoms with Crippen LogP contribution in [0, 0.1) is 0 Å². The molecule has 1 fully saturated rings. The lowest BCUT2D eigenvalue weighted by Gasteiger charge is -2.40. The zero-order chi connectivity index (χ0) is 13.9. The van der Waals surface area contributed by atoms with Gasteiger partial charge in [-0.25, -0.2) is 0 Å². The molecule has 1 amide bonds. The molecule has 102 valence electrons. The van der Waals surface area contributed by atoms with Gasteiger partial charge in [0.05, 0.1) is 5.60 Å². The van der Waals surface area contributed by atoms with Crippen LogP contribution < -0.4 is 5.32 Å². The van der Waals surface area contributed by atoms with Gasteiger partial charge in [0.2, 0.25) is 5.91 Å². The van der Waals surface area contributed by atoms with Crippen LogP contribution >= 0.6 is 0 Å². The first-order valence-corrected chi connectivity index (χ1v) is 6.51. The molecule has 0 unspecified atom stereocenters. The summed E-state index contributed by atoms with van der Waals surface area (Å²) in [6.45, 7) is 1.46. The number of Topliss-reactive ketones (excluding diaryl/α,β-unsaturated/α-hetero) is 1. The van der Waals surface area contributed by atoms with Crippen molar-refractivity contribution in [2.24, 2.45) is 0 Å². The summed E-state index contributed by atoms with van der Waals surface area (Å²) in [6.07, 6.45) is 3.48. The standard InChI is InChI=1S/C15H19NO3/c1-11(17)16-13-6-4-12(5-7-13)14(18)10-15(19-2)8-3-9-15/h4-7H,3,8-10H2,1-2H3,(H,16,17). The predicted octanol–water partition coefficient (Wildman–Crippen LogP) is 2.79. The summed E-state index contributed by atoms with van der Waals surface area (Å²) in [7, 11) is 1.67. The Morgan fingerprint density at radius 2 is 1.89 bits per heavy atom. The minimum atomic E-state index is -0.243. The van der Waals surface area contributed by atoms with E-state index in [-0.39, 0.29) is 17.3 Å². The Hall–Kier alpha value is -1.68. The minimum absolute atomic E-state index is 0.0934. The third-order valence-corrected chi connectivity index (χ3v) is 3.71. The first-order chi connectivity index (χ1) is 9.04. The van der Waals surface area contributed by atoms with Crippen molar-refractivity contribution in [3.05, 3.63) is 29.8 Å². The van der Waals surface area contributed by atoms with Crippen LogP contribution in [0.5, 0.6) is 0 Å². The molecular weight excluding hydrogens is 242 g/mol. The molecule has 4 nitrogen and oxygen atoms in total. The molecule has 0 aliphatic heterocycles. The van der Waals surface area contributed by atoms with E-state index in [1.165, 1.54) is 6.92 Å². The molecule has 1 aromatic carbocycles. The van der Waals surface area contributed by atoms with Crippen LogP contribution in [0.15, 0.2) is 24.3 Å². The molecule has 0 heterocycles. The van der Waals surface area contributed by atoms with Gasteiger partial charge in [0, 0.05) is 31.7 Å². The smallest absolute Gasteiger partial charge is 0.221 e. The number of hydrogen-bond acceptors (Lipinski definition) is 3. The summed E-state index contributed by atoms with van der Waals surface area (Å²) >= 11 is 0. The number of methoxy groups -OCH3 is 1. The van der Waals surface area contributed by atoms with Gasteiger partial charge < -0.3 is 10.1 Å². The summed E-state index contributed by atoms with van der Waals surface area (Å²) in [6, 6.07) is 6.98. The third kappa shape index (κ3) is 3.20. The molecule has 19 heavy (non-hydrogen) atoms. The summed E-state index contributed by atoms with van der Waals surface area (Å²) in [5.74, 6) is -0.0252. The Balaban J connectivity index is 2.01. The molecule has 4 heteroatoms. The maximum absolute atomic E-state index is 12.2. The van der Waals surface area contributed by atoms with E-state index in [0.717, 1.165) is 19.3 Å². The fourth-order valence-electron chi connectivity index (χ4n) is 2.36. The highest BCUT2D eigenvalue weighted by Gasteiger charge is 2.39. The van der Waals surface area contributed by atoms with Crippen LogP contribution in [0.25, 0.3) is 0 Å². The Morgan fingerprint density at radius 1 is 1.26 bits per heavy atom.